The minimum Gasteiger partial charge on any atom is -0.353 e. The second-order valence-corrected chi connectivity index (χ2v) is 11.4. The second kappa shape index (κ2) is 11.9. The number of nitrogens with one attached hydrogen (secondary N) is 2. The van der Waals surface area contributed by atoms with E-state index in [1.54, 1.807) is 17.8 Å². The number of thiazole rings is 1. The molecule has 0 radical (unpaired) electrons. The second-order valence-electron chi connectivity index (χ2n) is 10.5. The lowest BCUT2D eigenvalue weighted by Gasteiger charge is -2.47. The van der Waals surface area contributed by atoms with Crippen LogP contribution in [0.1, 0.15) is 11.3 Å². The van der Waals surface area contributed by atoms with Crippen molar-refractivity contribution in [2.45, 2.75) is 19.6 Å². The third-order valence-corrected chi connectivity index (χ3v) is 9.09. The number of aromatic nitrogens is 3. The molecule has 2 aromatic heterocycles. The summed E-state index contributed by atoms with van der Waals surface area (Å²) in [6.45, 7) is 10.2. The van der Waals surface area contributed by atoms with Crippen LogP contribution in [0.5, 0.6) is 0 Å². The lowest BCUT2D eigenvalue weighted by Crippen LogP contribution is -2.63. The number of hydrogen-bond acceptors (Lipinski definition) is 9. The Hall–Kier alpha value is -3.57. The largest absolute Gasteiger partial charge is 0.353 e. The lowest BCUT2D eigenvalue weighted by molar-refractivity contribution is 0.0843. The Morgan fingerprint density at radius 3 is 2.50 bits per heavy atom. The molecule has 9 nitrogen and oxygen atoms in total. The summed E-state index contributed by atoms with van der Waals surface area (Å²) in [4.78, 5) is 29.8. The van der Waals surface area contributed by atoms with Crippen LogP contribution in [0.2, 0.25) is 0 Å². The van der Waals surface area contributed by atoms with Crippen LogP contribution < -0.4 is 20.4 Å². The van der Waals surface area contributed by atoms with E-state index < -0.39 is 0 Å². The van der Waals surface area contributed by atoms with Gasteiger partial charge in [0.2, 0.25) is 5.95 Å². The van der Waals surface area contributed by atoms with Crippen LogP contribution in [0.15, 0.2) is 71.7 Å². The highest BCUT2D eigenvalue weighted by Gasteiger charge is 2.30. The Kier molecular flexibility index (Phi) is 7.92. The number of nitrogens with zero attached hydrogens (tertiary/aromatic N) is 6. The zero-order valence-corrected chi connectivity index (χ0v) is 23.9. The fourth-order valence-corrected chi connectivity index (χ4v) is 6.50. The highest BCUT2D eigenvalue weighted by atomic mass is 32.1. The quantitative estimate of drug-likeness (QED) is 0.358. The normalized spacial score (nSPS) is 18.6. The van der Waals surface area contributed by atoms with Gasteiger partial charge in [-0.1, -0.05) is 41.7 Å². The summed E-state index contributed by atoms with van der Waals surface area (Å²) in [6, 6.07) is 21.2. The number of rotatable bonds is 7. The van der Waals surface area contributed by atoms with Gasteiger partial charge in [-0.15, -0.1) is 0 Å². The van der Waals surface area contributed by atoms with Crippen LogP contribution in [-0.2, 0) is 13.6 Å². The first-order valence-electron chi connectivity index (χ1n) is 13.9. The van der Waals surface area contributed by atoms with E-state index in [0.717, 1.165) is 74.3 Å². The Morgan fingerprint density at radius 1 is 1.00 bits per heavy atom. The summed E-state index contributed by atoms with van der Waals surface area (Å²) in [5, 5.41) is 6.94. The van der Waals surface area contributed by atoms with Crippen LogP contribution in [0.4, 0.5) is 17.3 Å². The van der Waals surface area contributed by atoms with Gasteiger partial charge in [-0.3, -0.25) is 14.6 Å². The number of anilines is 3. The van der Waals surface area contributed by atoms with Crippen molar-refractivity contribution in [1.29, 1.82) is 0 Å². The molecule has 2 fully saturated rings. The summed E-state index contributed by atoms with van der Waals surface area (Å²) in [6.07, 6.45) is 2.07. The average molecular weight is 557 g/mol. The molecule has 1 unspecified atom stereocenters. The molecule has 0 aliphatic carbocycles. The molecule has 2 saturated heterocycles. The fourth-order valence-electron chi connectivity index (χ4n) is 5.55. The van der Waals surface area contributed by atoms with Crippen molar-refractivity contribution in [3.8, 4) is 10.6 Å². The Balaban J connectivity index is 1.10. The van der Waals surface area contributed by atoms with Crippen molar-refractivity contribution in [2.75, 3.05) is 56.0 Å². The van der Waals surface area contributed by atoms with Gasteiger partial charge in [-0.2, -0.15) is 0 Å². The summed E-state index contributed by atoms with van der Waals surface area (Å²) < 4.78 is 1.65. The third kappa shape index (κ3) is 5.80. The van der Waals surface area contributed by atoms with E-state index in [0.29, 0.717) is 12.1 Å². The van der Waals surface area contributed by atoms with E-state index in [4.69, 9.17) is 0 Å². The molecule has 0 amide bonds. The van der Waals surface area contributed by atoms with E-state index in [1.165, 1.54) is 22.6 Å². The molecule has 40 heavy (non-hydrogen) atoms. The molecule has 2 aliphatic rings. The van der Waals surface area contributed by atoms with Crippen molar-refractivity contribution in [3.63, 3.8) is 0 Å². The third-order valence-electron chi connectivity index (χ3n) is 7.93. The molecule has 0 spiro atoms. The standard InChI is InChI=1S/C30H36N8OS/c1-22-28(40-30(39)35(22)2)26-12-13-32-29(34-26)33-24-8-10-25(11-9-24)38-15-14-31-20-27(38)37-18-16-36(17-19-37)21-23-6-4-3-5-7-23/h3-13,27,31H,14-21H2,1-2H3,(H,32,33,34). The summed E-state index contributed by atoms with van der Waals surface area (Å²) in [7, 11) is 1.79. The summed E-state index contributed by atoms with van der Waals surface area (Å²) in [5.41, 5.74) is 5.20. The van der Waals surface area contributed by atoms with Crippen LogP contribution in [0, 0.1) is 6.92 Å². The van der Waals surface area contributed by atoms with Crippen molar-refractivity contribution in [2.24, 2.45) is 7.05 Å². The highest BCUT2D eigenvalue weighted by Crippen LogP contribution is 2.27. The van der Waals surface area contributed by atoms with Crippen LogP contribution in [0.25, 0.3) is 10.6 Å². The van der Waals surface area contributed by atoms with Gasteiger partial charge in [0, 0.05) is 82.7 Å². The van der Waals surface area contributed by atoms with Crippen molar-refractivity contribution in [1.82, 2.24) is 29.7 Å². The van der Waals surface area contributed by atoms with Crippen LogP contribution >= 0.6 is 11.3 Å². The molecule has 0 saturated carbocycles. The van der Waals surface area contributed by atoms with E-state index in [-0.39, 0.29) is 4.87 Å². The number of piperazine rings is 2. The SMILES string of the molecule is Cc1c(-c2ccnc(Nc3ccc(N4CCNCC4N4CCN(Cc5ccccc5)CC4)cc3)n2)sc(=O)n1C. The monoisotopic (exact) mass is 556 g/mol. The van der Waals surface area contributed by atoms with E-state index in [1.807, 2.05) is 13.0 Å². The average Bonchev–Trinajstić information content (AvgIpc) is 3.26. The zero-order chi connectivity index (χ0) is 27.5. The van der Waals surface area contributed by atoms with Crippen molar-refractivity contribution in [3.05, 3.63) is 87.8 Å². The molecule has 2 N–H and O–H groups in total. The number of benzene rings is 2. The fraction of sp³-hybridized carbons (Fsp3) is 0.367. The smallest absolute Gasteiger partial charge is 0.307 e. The van der Waals surface area contributed by atoms with Crippen LogP contribution in [-0.4, -0.2) is 76.3 Å². The van der Waals surface area contributed by atoms with E-state index >= 15 is 0 Å². The Bertz CT molecular complexity index is 1480. The number of hydrogen-bond donors (Lipinski definition) is 2. The maximum Gasteiger partial charge on any atom is 0.307 e. The maximum atomic E-state index is 12.1. The van der Waals surface area contributed by atoms with E-state index in [9.17, 15) is 4.79 Å². The van der Waals surface area contributed by atoms with Gasteiger partial charge in [0.15, 0.2) is 0 Å². The van der Waals surface area contributed by atoms with Crippen molar-refractivity contribution < 1.29 is 0 Å². The van der Waals surface area contributed by atoms with Gasteiger partial charge >= 0.3 is 4.87 Å². The van der Waals surface area contributed by atoms with Gasteiger partial charge < -0.3 is 20.1 Å². The topological polar surface area (TPSA) is 81.6 Å². The van der Waals surface area contributed by atoms with Gasteiger partial charge in [-0.05, 0) is 42.8 Å². The van der Waals surface area contributed by atoms with E-state index in [2.05, 4.69) is 89.9 Å². The highest BCUT2D eigenvalue weighted by molar-refractivity contribution is 7.13. The van der Waals surface area contributed by atoms with Gasteiger partial charge in [0.05, 0.1) is 16.7 Å². The lowest BCUT2D eigenvalue weighted by atomic mass is 10.1. The molecule has 0 bridgehead atoms. The Morgan fingerprint density at radius 2 is 1.77 bits per heavy atom. The molecule has 4 aromatic rings. The molecule has 1 atom stereocenters. The van der Waals surface area contributed by atoms with Gasteiger partial charge in [0.25, 0.3) is 0 Å². The molecule has 208 valence electrons. The van der Waals surface area contributed by atoms with Gasteiger partial charge in [0.1, 0.15) is 0 Å². The first kappa shape index (κ1) is 26.6. The molecular formula is C30H36N8OS. The first-order valence-corrected chi connectivity index (χ1v) is 14.7. The molecule has 10 heteroatoms. The molecule has 2 aromatic carbocycles. The molecule has 4 heterocycles. The zero-order valence-electron chi connectivity index (χ0n) is 23.1. The summed E-state index contributed by atoms with van der Waals surface area (Å²) in [5.74, 6) is 0.515. The maximum absolute atomic E-state index is 12.1. The molecular weight excluding hydrogens is 520 g/mol. The summed E-state index contributed by atoms with van der Waals surface area (Å²) >= 11 is 1.21. The minimum atomic E-state index is 0.0106. The van der Waals surface area contributed by atoms with Crippen LogP contribution in [0.3, 0.4) is 0 Å². The molecule has 6 rings (SSSR count). The minimum absolute atomic E-state index is 0.0106. The predicted molar refractivity (Wildman–Crippen MR) is 162 cm³/mol. The van der Waals surface area contributed by atoms with Crippen molar-refractivity contribution >= 4 is 28.7 Å². The Labute approximate surface area is 239 Å². The first-order chi connectivity index (χ1) is 19.5. The predicted octanol–water partition coefficient (Wildman–Crippen LogP) is 3.51. The van der Waals surface area contributed by atoms with Gasteiger partial charge in [-0.25, -0.2) is 9.97 Å². The molecule has 2 aliphatic heterocycles.